The van der Waals surface area contributed by atoms with Gasteiger partial charge in [-0.2, -0.15) is 0 Å². The highest BCUT2D eigenvalue weighted by molar-refractivity contribution is 6.13. The highest BCUT2D eigenvalue weighted by atomic mass is 19.1. The van der Waals surface area contributed by atoms with Gasteiger partial charge in [0.1, 0.15) is 23.0 Å². The molecule has 4 aromatic rings. The van der Waals surface area contributed by atoms with Crippen LogP contribution in [-0.2, 0) is 0 Å². The van der Waals surface area contributed by atoms with Gasteiger partial charge >= 0.3 is 0 Å². The van der Waals surface area contributed by atoms with Gasteiger partial charge in [-0.15, -0.1) is 0 Å². The fourth-order valence-electron chi connectivity index (χ4n) is 4.45. The molecule has 0 aliphatic rings. The second kappa shape index (κ2) is 13.4. The van der Waals surface area contributed by atoms with Crippen LogP contribution in [0.4, 0.5) is 10.1 Å². The van der Waals surface area contributed by atoms with Crippen LogP contribution < -0.4 is 21.3 Å². The summed E-state index contributed by atoms with van der Waals surface area (Å²) in [6.45, 7) is 9.50. The van der Waals surface area contributed by atoms with E-state index in [4.69, 9.17) is 15.6 Å². The second-order valence-corrected chi connectivity index (χ2v) is 8.72. The molecule has 40 heavy (non-hydrogen) atoms. The van der Waals surface area contributed by atoms with E-state index >= 15 is 0 Å². The first-order valence-electron chi connectivity index (χ1n) is 13.3. The number of hydrogen-bond donors (Lipinski definition) is 4. The van der Waals surface area contributed by atoms with Crippen molar-refractivity contribution in [2.75, 3.05) is 31.6 Å². The van der Waals surface area contributed by atoms with Gasteiger partial charge in [0, 0.05) is 54.0 Å². The molecule has 0 radical (unpaired) electrons. The molecular weight excluding hydrogens is 509 g/mol. The number of carbonyl (C=O) groups excluding carboxylic acids is 2. The van der Waals surface area contributed by atoms with Gasteiger partial charge in [-0.1, -0.05) is 26.0 Å². The summed E-state index contributed by atoms with van der Waals surface area (Å²) >= 11 is 0. The summed E-state index contributed by atoms with van der Waals surface area (Å²) in [5, 5.41) is 13.3. The molecule has 0 unspecified atom stereocenters. The molecule has 0 saturated carbocycles. The number of benzene rings is 3. The zero-order valence-corrected chi connectivity index (χ0v) is 23.5. The number of nitrogens with two attached hydrogens (primary N) is 1. The van der Waals surface area contributed by atoms with E-state index in [1.807, 2.05) is 45.9 Å². The zero-order chi connectivity index (χ0) is 29.4. The Labute approximate surface area is 233 Å². The quantitative estimate of drug-likeness (QED) is 0.156. The van der Waals surface area contributed by atoms with Crippen LogP contribution in [0.15, 0.2) is 65.1 Å². The third kappa shape index (κ3) is 6.31. The number of amidine groups is 1. The number of fused-ring (bicyclic) bond motifs is 1. The van der Waals surface area contributed by atoms with Crippen molar-refractivity contribution < 1.29 is 18.4 Å². The van der Waals surface area contributed by atoms with E-state index in [0.29, 0.717) is 33.4 Å². The van der Waals surface area contributed by atoms with Crippen LogP contribution in [-0.4, -0.2) is 44.3 Å². The van der Waals surface area contributed by atoms with Crippen molar-refractivity contribution in [3.05, 3.63) is 77.6 Å². The zero-order valence-electron chi connectivity index (χ0n) is 23.5. The molecule has 210 valence electrons. The van der Waals surface area contributed by atoms with Gasteiger partial charge in [-0.05, 0) is 61.9 Å². The van der Waals surface area contributed by atoms with Crippen LogP contribution in [0, 0.1) is 11.2 Å². The van der Waals surface area contributed by atoms with E-state index in [1.54, 1.807) is 37.4 Å². The molecule has 9 heteroatoms. The van der Waals surface area contributed by atoms with Crippen LogP contribution >= 0.6 is 0 Å². The molecule has 0 saturated heterocycles. The van der Waals surface area contributed by atoms with Gasteiger partial charge in [0.05, 0.1) is 12.1 Å². The summed E-state index contributed by atoms with van der Waals surface area (Å²) in [6.07, 6.45) is 0. The Morgan fingerprint density at radius 2 is 1.65 bits per heavy atom. The summed E-state index contributed by atoms with van der Waals surface area (Å²) < 4.78 is 19.8. The van der Waals surface area contributed by atoms with Crippen LogP contribution in [0.2, 0.25) is 0 Å². The average molecular weight is 546 g/mol. The Bertz CT molecular complexity index is 1510. The molecule has 1 heterocycles. The van der Waals surface area contributed by atoms with E-state index < -0.39 is 0 Å². The predicted molar refractivity (Wildman–Crippen MR) is 160 cm³/mol. The van der Waals surface area contributed by atoms with E-state index in [2.05, 4.69) is 15.5 Å². The van der Waals surface area contributed by atoms with Crippen molar-refractivity contribution in [3.63, 3.8) is 0 Å². The number of amides is 2. The van der Waals surface area contributed by atoms with Crippen LogP contribution in [0.1, 0.15) is 48.4 Å². The Morgan fingerprint density at radius 3 is 2.25 bits per heavy atom. The Kier molecular flexibility index (Phi) is 10.0. The highest BCUT2D eigenvalue weighted by Crippen LogP contribution is 2.41. The molecule has 0 bridgehead atoms. The number of rotatable bonds is 9. The summed E-state index contributed by atoms with van der Waals surface area (Å²) in [5.41, 5.74) is 9.71. The first kappa shape index (κ1) is 29.9. The molecule has 0 spiro atoms. The van der Waals surface area contributed by atoms with Crippen molar-refractivity contribution in [2.45, 2.75) is 27.7 Å². The lowest BCUT2D eigenvalue weighted by molar-refractivity contribution is 0.0953. The van der Waals surface area contributed by atoms with Crippen LogP contribution in [0.3, 0.4) is 0 Å². The normalized spacial score (nSPS) is 10.4. The smallest absolute Gasteiger partial charge is 0.255 e. The number of nitrogens with one attached hydrogen (secondary N) is 3. The largest absolute Gasteiger partial charge is 0.455 e. The van der Waals surface area contributed by atoms with Gasteiger partial charge in [0.15, 0.2) is 0 Å². The van der Waals surface area contributed by atoms with Crippen molar-refractivity contribution in [1.29, 1.82) is 5.41 Å². The van der Waals surface area contributed by atoms with Crippen LogP contribution in [0.25, 0.3) is 33.4 Å². The molecule has 0 aliphatic carbocycles. The molecule has 3 aromatic carbocycles. The summed E-state index contributed by atoms with van der Waals surface area (Å²) in [4.78, 5) is 27.9. The third-order valence-electron chi connectivity index (χ3n) is 6.35. The number of nitrogens with zero attached hydrogens (tertiary/aromatic N) is 1. The van der Waals surface area contributed by atoms with Gasteiger partial charge in [0.25, 0.3) is 11.8 Å². The highest BCUT2D eigenvalue weighted by Gasteiger charge is 2.24. The Hall–Kier alpha value is -4.66. The predicted octanol–water partition coefficient (Wildman–Crippen LogP) is 5.80. The lowest BCUT2D eigenvalue weighted by Gasteiger charge is -2.24. The maximum absolute atomic E-state index is 13.6. The number of hydrogen-bond acceptors (Lipinski definition) is 5. The third-order valence-corrected chi connectivity index (χ3v) is 6.35. The summed E-state index contributed by atoms with van der Waals surface area (Å²) in [5.74, 6) is -0.853. The van der Waals surface area contributed by atoms with E-state index in [9.17, 15) is 14.0 Å². The van der Waals surface area contributed by atoms with E-state index in [-0.39, 0.29) is 30.0 Å². The average Bonchev–Trinajstić information content (AvgIpc) is 3.35. The molecule has 4 rings (SSSR count). The number of carbonyl (C=O) groups is 2. The summed E-state index contributed by atoms with van der Waals surface area (Å²) in [6, 6.07) is 16.7. The minimum atomic E-state index is -0.385. The van der Waals surface area contributed by atoms with Gasteiger partial charge in [-0.25, -0.2) is 4.39 Å². The lowest BCUT2D eigenvalue weighted by Crippen LogP contribution is -2.32. The molecular formula is C31H36FN5O3. The summed E-state index contributed by atoms with van der Waals surface area (Å²) in [7, 11) is 1.55. The van der Waals surface area contributed by atoms with Gasteiger partial charge in [0.2, 0.25) is 0 Å². The molecule has 0 aliphatic heterocycles. The molecule has 5 N–H and O–H groups in total. The number of anilines is 1. The number of halogens is 1. The molecule has 2 amide bonds. The minimum absolute atomic E-state index is 0.0452. The first-order valence-corrected chi connectivity index (χ1v) is 13.3. The molecule has 0 fully saturated rings. The standard InChI is InChI=1S/C29H30FN5O3.C2H6/c1-4-35(5-2)23-15-24-22(26(29(37)33-3)27(38-24)17-9-11-20(30)12-10-17)14-21(23)18-7-6-8-19(13-18)28(36)34-16-25(31)32;1-2/h6-15H,4-5,16H2,1-3H3,(H3,31,32)(H,33,37)(H,34,36);1-2H3. The fraction of sp³-hybridized carbons (Fsp3) is 0.258. The number of furan rings is 1. The second-order valence-electron chi connectivity index (χ2n) is 8.72. The molecule has 1 aromatic heterocycles. The molecule has 0 atom stereocenters. The SMILES string of the molecule is CC.CCN(CC)c1cc2oc(-c3ccc(F)cc3)c(C(=O)NC)c2cc1-c1cccc(C(=O)NCC(=N)N)c1. The monoisotopic (exact) mass is 545 g/mol. The van der Waals surface area contributed by atoms with E-state index in [1.165, 1.54) is 12.1 Å². The minimum Gasteiger partial charge on any atom is -0.455 e. The van der Waals surface area contributed by atoms with Crippen molar-refractivity contribution in [3.8, 4) is 22.5 Å². The Morgan fingerprint density at radius 1 is 0.975 bits per heavy atom. The van der Waals surface area contributed by atoms with E-state index in [0.717, 1.165) is 29.9 Å². The first-order chi connectivity index (χ1) is 19.3. The van der Waals surface area contributed by atoms with Gasteiger partial charge < -0.3 is 25.7 Å². The fourth-order valence-corrected chi connectivity index (χ4v) is 4.45. The maximum Gasteiger partial charge on any atom is 0.255 e. The van der Waals surface area contributed by atoms with Gasteiger partial charge in [-0.3, -0.25) is 15.0 Å². The maximum atomic E-state index is 13.6. The van der Waals surface area contributed by atoms with Crippen molar-refractivity contribution in [1.82, 2.24) is 10.6 Å². The van der Waals surface area contributed by atoms with Crippen LogP contribution in [0.5, 0.6) is 0 Å². The Balaban J connectivity index is 0.00000216. The molecule has 8 nitrogen and oxygen atoms in total. The van der Waals surface area contributed by atoms with Crippen molar-refractivity contribution in [2.24, 2.45) is 5.73 Å². The topological polar surface area (TPSA) is 124 Å². The van der Waals surface area contributed by atoms with Crippen molar-refractivity contribution >= 4 is 34.3 Å². The lowest BCUT2D eigenvalue weighted by atomic mass is 9.96.